The molecule has 5 aliphatic rings. The average Bonchev–Trinajstić information content (AvgIpc) is 2.82. The van der Waals surface area contributed by atoms with Crippen LogP contribution in [0.4, 0.5) is 10.6 Å². The summed E-state index contributed by atoms with van der Waals surface area (Å²) in [6, 6.07) is 8.57. The van der Waals surface area contributed by atoms with Gasteiger partial charge in [0.1, 0.15) is 5.82 Å². The van der Waals surface area contributed by atoms with Crippen LogP contribution >= 0.6 is 0 Å². The van der Waals surface area contributed by atoms with Gasteiger partial charge in [-0.05, 0) is 82.1 Å². The van der Waals surface area contributed by atoms with Crippen molar-refractivity contribution in [3.63, 3.8) is 0 Å². The van der Waals surface area contributed by atoms with Gasteiger partial charge in [0.15, 0.2) is 5.82 Å². The van der Waals surface area contributed by atoms with E-state index in [-0.39, 0.29) is 11.6 Å². The number of aromatic nitrogens is 2. The zero-order chi connectivity index (χ0) is 25.0. The van der Waals surface area contributed by atoms with E-state index < -0.39 is 0 Å². The Morgan fingerprint density at radius 3 is 2.19 bits per heavy atom. The van der Waals surface area contributed by atoms with Gasteiger partial charge in [-0.15, -0.1) is 0 Å². The number of hydrogen-bond donors (Lipinski definition) is 1. The zero-order valence-electron chi connectivity index (χ0n) is 22.4. The molecule has 4 saturated carbocycles. The first-order valence-electron chi connectivity index (χ1n) is 14.1. The number of anilines is 1. The Morgan fingerprint density at radius 1 is 0.972 bits per heavy atom. The van der Waals surface area contributed by atoms with Gasteiger partial charge in [0.05, 0.1) is 0 Å². The number of carbonyl (C=O) groups excluding carboxylic acids is 1. The summed E-state index contributed by atoms with van der Waals surface area (Å²) >= 11 is 0. The number of urea groups is 1. The van der Waals surface area contributed by atoms with E-state index in [9.17, 15) is 4.79 Å². The lowest BCUT2D eigenvalue weighted by molar-refractivity contribution is -0.0157. The van der Waals surface area contributed by atoms with E-state index in [0.717, 1.165) is 66.8 Å². The van der Waals surface area contributed by atoms with Crippen molar-refractivity contribution in [1.29, 1.82) is 0 Å². The van der Waals surface area contributed by atoms with E-state index in [1.54, 1.807) is 0 Å². The highest BCUT2D eigenvalue weighted by Gasteiger charge is 2.51. The Hall–Kier alpha value is -2.63. The van der Waals surface area contributed by atoms with Crippen molar-refractivity contribution in [3.05, 3.63) is 41.1 Å². The second-order valence-corrected chi connectivity index (χ2v) is 12.5. The van der Waals surface area contributed by atoms with E-state index in [2.05, 4.69) is 62.2 Å². The number of nitrogens with zero attached hydrogens (tertiary/aromatic N) is 4. The van der Waals surface area contributed by atoms with Crippen molar-refractivity contribution in [2.75, 3.05) is 31.1 Å². The molecule has 2 heterocycles. The number of carbonyl (C=O) groups is 1. The van der Waals surface area contributed by atoms with Gasteiger partial charge in [0, 0.05) is 48.5 Å². The second-order valence-electron chi connectivity index (χ2n) is 12.5. The summed E-state index contributed by atoms with van der Waals surface area (Å²) in [5.74, 6) is 4.68. The van der Waals surface area contributed by atoms with E-state index >= 15 is 0 Å². The molecular weight excluding hydrogens is 446 g/mol. The molecule has 1 saturated heterocycles. The van der Waals surface area contributed by atoms with Gasteiger partial charge in [0.25, 0.3) is 0 Å². The minimum absolute atomic E-state index is 0.0697. The lowest BCUT2D eigenvalue weighted by Crippen LogP contribution is -2.63. The molecule has 0 radical (unpaired) electrons. The van der Waals surface area contributed by atoms with Gasteiger partial charge in [-0.3, -0.25) is 0 Å². The monoisotopic (exact) mass is 487 g/mol. The first kappa shape index (κ1) is 23.7. The molecule has 0 atom stereocenters. The van der Waals surface area contributed by atoms with Crippen molar-refractivity contribution >= 4 is 11.8 Å². The lowest BCUT2D eigenvalue weighted by Gasteiger charge is -2.57. The van der Waals surface area contributed by atoms with E-state index in [1.807, 2.05) is 4.90 Å². The van der Waals surface area contributed by atoms with Gasteiger partial charge in [-0.25, -0.2) is 14.8 Å². The molecule has 36 heavy (non-hydrogen) atoms. The topological polar surface area (TPSA) is 61.4 Å². The van der Waals surface area contributed by atoms with Crippen LogP contribution in [0.2, 0.25) is 0 Å². The van der Waals surface area contributed by atoms with Crippen LogP contribution in [0.3, 0.4) is 0 Å². The molecule has 192 valence electrons. The average molecular weight is 488 g/mol. The predicted octanol–water partition coefficient (Wildman–Crippen LogP) is 5.68. The Balaban J connectivity index is 1.17. The van der Waals surface area contributed by atoms with Gasteiger partial charge in [-0.2, -0.15) is 0 Å². The predicted molar refractivity (Wildman–Crippen MR) is 144 cm³/mol. The van der Waals surface area contributed by atoms with Crippen LogP contribution in [0.5, 0.6) is 0 Å². The fraction of sp³-hybridized carbons (Fsp3) is 0.633. The standard InChI is InChI=1S/C30H41N5O/c1-19(2)26-21(4)31-27(25-7-5-6-20(3)12-25)32-28(26)34-8-10-35(11-9-34)29(36)33-30-16-22-13-23(17-30)15-24(14-22)18-30/h5-7,12,19,22-24H,8-11,13-18H2,1-4H3,(H,33,36). The Morgan fingerprint density at radius 2 is 1.61 bits per heavy atom. The van der Waals surface area contributed by atoms with Crippen molar-refractivity contribution < 1.29 is 4.79 Å². The third-order valence-electron chi connectivity index (χ3n) is 9.25. The smallest absolute Gasteiger partial charge is 0.317 e. The van der Waals surface area contributed by atoms with Crippen LogP contribution in [-0.4, -0.2) is 52.6 Å². The molecule has 1 aromatic heterocycles. The maximum atomic E-state index is 13.4. The minimum atomic E-state index is 0.0697. The van der Waals surface area contributed by atoms with Gasteiger partial charge >= 0.3 is 6.03 Å². The van der Waals surface area contributed by atoms with Gasteiger partial charge in [0.2, 0.25) is 0 Å². The number of amides is 2. The van der Waals surface area contributed by atoms with E-state index in [1.165, 1.54) is 49.7 Å². The number of piperazine rings is 1. The minimum Gasteiger partial charge on any atom is -0.353 e. The summed E-state index contributed by atoms with van der Waals surface area (Å²) in [5.41, 5.74) is 4.61. The quantitative estimate of drug-likeness (QED) is 0.602. The van der Waals surface area contributed by atoms with Crippen LogP contribution in [0.1, 0.15) is 75.1 Å². The van der Waals surface area contributed by atoms with E-state index in [0.29, 0.717) is 5.92 Å². The molecule has 6 heteroatoms. The molecule has 1 N–H and O–H groups in total. The van der Waals surface area contributed by atoms with Crippen LogP contribution in [0.25, 0.3) is 11.4 Å². The Kier molecular flexibility index (Phi) is 5.96. The molecule has 1 aromatic carbocycles. The van der Waals surface area contributed by atoms with E-state index in [4.69, 9.17) is 9.97 Å². The third-order valence-corrected chi connectivity index (χ3v) is 9.25. The fourth-order valence-corrected chi connectivity index (χ4v) is 8.09. The molecule has 2 amide bonds. The molecule has 7 rings (SSSR count). The highest BCUT2D eigenvalue weighted by Crippen LogP contribution is 2.55. The molecule has 2 aromatic rings. The first-order valence-corrected chi connectivity index (χ1v) is 14.1. The zero-order valence-corrected chi connectivity index (χ0v) is 22.4. The maximum Gasteiger partial charge on any atom is 0.317 e. The van der Waals surface area contributed by atoms with Crippen molar-refractivity contribution in [3.8, 4) is 11.4 Å². The van der Waals surface area contributed by atoms with Gasteiger partial charge < -0.3 is 15.1 Å². The summed E-state index contributed by atoms with van der Waals surface area (Å²) in [6.45, 7) is 11.7. The first-order chi connectivity index (χ1) is 17.3. The largest absolute Gasteiger partial charge is 0.353 e. The molecule has 0 unspecified atom stereocenters. The van der Waals surface area contributed by atoms with Crippen molar-refractivity contribution in [2.24, 2.45) is 17.8 Å². The highest BCUT2D eigenvalue weighted by molar-refractivity contribution is 5.75. The van der Waals surface area contributed by atoms with Crippen LogP contribution in [0.15, 0.2) is 24.3 Å². The van der Waals surface area contributed by atoms with Crippen LogP contribution in [0, 0.1) is 31.6 Å². The van der Waals surface area contributed by atoms with Gasteiger partial charge in [-0.1, -0.05) is 37.6 Å². The number of rotatable bonds is 4. The van der Waals surface area contributed by atoms with Crippen molar-refractivity contribution in [2.45, 2.75) is 77.7 Å². The third kappa shape index (κ3) is 4.37. The second kappa shape index (κ2) is 9.04. The highest BCUT2D eigenvalue weighted by atomic mass is 16.2. The molecule has 0 spiro atoms. The summed E-state index contributed by atoms with van der Waals surface area (Å²) in [5, 5.41) is 3.57. The molecule has 6 nitrogen and oxygen atoms in total. The number of aryl methyl sites for hydroxylation is 2. The number of nitrogens with one attached hydrogen (secondary N) is 1. The van der Waals surface area contributed by atoms with Crippen molar-refractivity contribution in [1.82, 2.24) is 20.2 Å². The summed E-state index contributed by atoms with van der Waals surface area (Å²) < 4.78 is 0. The Labute approximate surface area is 215 Å². The maximum absolute atomic E-state index is 13.4. The molecule has 5 fully saturated rings. The molecule has 4 aliphatic carbocycles. The SMILES string of the molecule is Cc1cccc(-c2nc(C)c(C(C)C)c(N3CCN(C(=O)NC45CC6CC(CC(C6)C4)C5)CC3)n2)c1. The fourth-order valence-electron chi connectivity index (χ4n) is 8.09. The number of benzene rings is 1. The van der Waals surface area contributed by atoms with Crippen LogP contribution in [-0.2, 0) is 0 Å². The van der Waals surface area contributed by atoms with Crippen LogP contribution < -0.4 is 10.2 Å². The summed E-state index contributed by atoms with van der Waals surface area (Å²) in [4.78, 5) is 27.8. The summed E-state index contributed by atoms with van der Waals surface area (Å²) in [6.07, 6.45) is 7.79. The Bertz CT molecular complexity index is 1110. The normalized spacial score (nSPS) is 29.2. The molecule has 1 aliphatic heterocycles. The summed E-state index contributed by atoms with van der Waals surface area (Å²) in [7, 11) is 0. The lowest BCUT2D eigenvalue weighted by atomic mass is 9.53. The molecule has 4 bridgehead atoms. The molecular formula is C30H41N5O. The number of hydrogen-bond acceptors (Lipinski definition) is 4.